The van der Waals surface area contributed by atoms with Gasteiger partial charge in [0.05, 0.1) is 4.90 Å². The van der Waals surface area contributed by atoms with E-state index in [9.17, 15) is 8.42 Å². The summed E-state index contributed by atoms with van der Waals surface area (Å²) in [5.41, 5.74) is 1.17. The minimum absolute atomic E-state index is 0.0651. The fourth-order valence-electron chi connectivity index (χ4n) is 1.68. The zero-order valence-electron chi connectivity index (χ0n) is 10.8. The van der Waals surface area contributed by atoms with Crippen LogP contribution in [0, 0.1) is 0 Å². The van der Waals surface area contributed by atoms with Crippen LogP contribution in [0.2, 0.25) is 0 Å². The number of nitrogens with one attached hydrogen (secondary N) is 1. The van der Waals surface area contributed by atoms with Crippen LogP contribution in [0.1, 0.15) is 32.3 Å². The maximum atomic E-state index is 12.1. The lowest BCUT2D eigenvalue weighted by Gasteiger charge is -2.13. The van der Waals surface area contributed by atoms with Crippen LogP contribution in [0.5, 0.6) is 0 Å². The summed E-state index contributed by atoms with van der Waals surface area (Å²) in [6.45, 7) is 3.97. The zero-order valence-corrected chi connectivity index (χ0v) is 13.2. The largest absolute Gasteiger partial charge is 0.240 e. The van der Waals surface area contributed by atoms with Gasteiger partial charge >= 0.3 is 0 Å². The van der Waals surface area contributed by atoms with Crippen molar-refractivity contribution in [2.24, 2.45) is 0 Å². The normalized spacial score (nSPS) is 13.5. The minimum Gasteiger partial charge on any atom is -0.208 e. The molecule has 0 amide bonds. The number of hydrogen-bond acceptors (Lipinski definition) is 2. The Bertz CT molecular complexity index is 456. The van der Waals surface area contributed by atoms with Gasteiger partial charge in [0.1, 0.15) is 0 Å². The SMILES string of the molecule is CCCc1ccc(S(=O)(=O)NC(C)CCBr)cc1. The van der Waals surface area contributed by atoms with Gasteiger partial charge in [-0.2, -0.15) is 0 Å². The third-order valence-electron chi connectivity index (χ3n) is 2.67. The standard InChI is InChI=1S/C13H20BrNO2S/c1-3-4-12-5-7-13(8-6-12)18(16,17)15-11(2)9-10-14/h5-8,11,15H,3-4,9-10H2,1-2H3. The molecule has 0 spiro atoms. The van der Waals surface area contributed by atoms with Gasteiger partial charge in [0.25, 0.3) is 0 Å². The fraction of sp³-hybridized carbons (Fsp3) is 0.538. The van der Waals surface area contributed by atoms with Gasteiger partial charge in [0.15, 0.2) is 0 Å². The van der Waals surface area contributed by atoms with E-state index in [0.29, 0.717) is 4.90 Å². The lowest BCUT2D eigenvalue weighted by molar-refractivity contribution is 0.557. The first-order valence-corrected chi connectivity index (χ1v) is 8.77. The van der Waals surface area contributed by atoms with Gasteiger partial charge in [-0.05, 0) is 37.5 Å². The monoisotopic (exact) mass is 333 g/mol. The van der Waals surface area contributed by atoms with Crippen molar-refractivity contribution >= 4 is 26.0 Å². The van der Waals surface area contributed by atoms with Crippen LogP contribution in [0.4, 0.5) is 0 Å². The van der Waals surface area contributed by atoms with Gasteiger partial charge in [-0.15, -0.1) is 0 Å². The van der Waals surface area contributed by atoms with Gasteiger partial charge in [-0.1, -0.05) is 41.4 Å². The van der Waals surface area contributed by atoms with Crippen LogP contribution in [-0.2, 0) is 16.4 Å². The fourth-order valence-corrected chi connectivity index (χ4v) is 3.64. The van der Waals surface area contributed by atoms with Gasteiger partial charge in [0.2, 0.25) is 10.0 Å². The summed E-state index contributed by atoms with van der Waals surface area (Å²) in [5.74, 6) is 0. The van der Waals surface area contributed by atoms with Crippen molar-refractivity contribution in [1.82, 2.24) is 4.72 Å². The molecule has 0 fully saturated rings. The van der Waals surface area contributed by atoms with Crippen molar-refractivity contribution < 1.29 is 8.42 Å². The average molecular weight is 334 g/mol. The molecule has 0 aliphatic rings. The number of rotatable bonds is 7. The first-order chi connectivity index (χ1) is 8.49. The van der Waals surface area contributed by atoms with E-state index in [1.807, 2.05) is 19.1 Å². The van der Waals surface area contributed by atoms with Gasteiger partial charge in [0, 0.05) is 11.4 Å². The molecule has 0 saturated heterocycles. The first kappa shape index (κ1) is 15.7. The van der Waals surface area contributed by atoms with Crippen LogP contribution in [0.3, 0.4) is 0 Å². The quantitative estimate of drug-likeness (QED) is 0.779. The van der Waals surface area contributed by atoms with E-state index in [1.54, 1.807) is 12.1 Å². The summed E-state index contributed by atoms with van der Waals surface area (Å²) in [6, 6.07) is 7.05. The molecule has 0 heterocycles. The number of hydrogen-bond donors (Lipinski definition) is 1. The average Bonchev–Trinajstić information content (AvgIpc) is 2.29. The summed E-state index contributed by atoms with van der Waals surface area (Å²) < 4.78 is 26.8. The number of benzene rings is 1. The smallest absolute Gasteiger partial charge is 0.208 e. The number of alkyl halides is 1. The van der Waals surface area contributed by atoms with Crippen molar-refractivity contribution in [2.75, 3.05) is 5.33 Å². The van der Waals surface area contributed by atoms with Gasteiger partial charge < -0.3 is 0 Å². The molecule has 1 aromatic rings. The Balaban J connectivity index is 2.78. The summed E-state index contributed by atoms with van der Waals surface area (Å²) in [5, 5.41) is 0.784. The van der Waals surface area contributed by atoms with Gasteiger partial charge in [-0.3, -0.25) is 0 Å². The molecule has 1 rings (SSSR count). The van der Waals surface area contributed by atoms with Crippen LogP contribution in [-0.4, -0.2) is 19.8 Å². The molecule has 0 bridgehead atoms. The molecule has 1 atom stereocenters. The Kier molecular flexibility index (Phi) is 6.32. The molecular formula is C13H20BrNO2S. The van der Waals surface area contributed by atoms with Crippen molar-refractivity contribution in [3.05, 3.63) is 29.8 Å². The Morgan fingerprint density at radius 3 is 2.39 bits per heavy atom. The molecular weight excluding hydrogens is 314 g/mol. The van der Waals surface area contributed by atoms with Crippen LogP contribution >= 0.6 is 15.9 Å². The lowest BCUT2D eigenvalue weighted by Crippen LogP contribution is -2.32. The number of sulfonamides is 1. The van der Waals surface area contributed by atoms with E-state index >= 15 is 0 Å². The molecule has 1 N–H and O–H groups in total. The molecule has 3 nitrogen and oxygen atoms in total. The molecule has 1 unspecified atom stereocenters. The highest BCUT2D eigenvalue weighted by molar-refractivity contribution is 9.09. The third-order valence-corrected chi connectivity index (χ3v) is 4.73. The topological polar surface area (TPSA) is 46.2 Å². The van der Waals surface area contributed by atoms with Crippen LogP contribution in [0.15, 0.2) is 29.2 Å². The maximum Gasteiger partial charge on any atom is 0.240 e. The molecule has 0 aliphatic carbocycles. The molecule has 0 aromatic heterocycles. The molecule has 18 heavy (non-hydrogen) atoms. The number of halogens is 1. The molecule has 0 aliphatic heterocycles. The molecule has 1 aromatic carbocycles. The van der Waals surface area contributed by atoms with Crippen molar-refractivity contribution in [1.29, 1.82) is 0 Å². The summed E-state index contributed by atoms with van der Waals surface area (Å²) in [6.07, 6.45) is 2.81. The van der Waals surface area contributed by atoms with Gasteiger partial charge in [-0.25, -0.2) is 13.1 Å². The second-order valence-corrected chi connectivity index (χ2v) is 6.90. The minimum atomic E-state index is -3.38. The molecule has 102 valence electrons. The second kappa shape index (κ2) is 7.26. The van der Waals surface area contributed by atoms with E-state index in [0.717, 1.165) is 24.6 Å². The number of aryl methyl sites for hydroxylation is 1. The second-order valence-electron chi connectivity index (χ2n) is 4.39. The molecule has 5 heteroatoms. The lowest BCUT2D eigenvalue weighted by atomic mass is 10.1. The Hall–Kier alpha value is -0.390. The Morgan fingerprint density at radius 2 is 1.89 bits per heavy atom. The van der Waals surface area contributed by atoms with E-state index < -0.39 is 10.0 Å². The zero-order chi connectivity index (χ0) is 13.6. The third kappa shape index (κ3) is 4.71. The highest BCUT2D eigenvalue weighted by Crippen LogP contribution is 2.13. The maximum absolute atomic E-state index is 12.1. The van der Waals surface area contributed by atoms with Crippen LogP contribution < -0.4 is 4.72 Å². The van der Waals surface area contributed by atoms with E-state index in [4.69, 9.17) is 0 Å². The predicted molar refractivity (Wildman–Crippen MR) is 78.6 cm³/mol. The molecule has 0 saturated carbocycles. The predicted octanol–water partition coefficient (Wildman–Crippen LogP) is 3.09. The van der Waals surface area contributed by atoms with Crippen molar-refractivity contribution in [2.45, 2.75) is 44.0 Å². The highest BCUT2D eigenvalue weighted by Gasteiger charge is 2.16. The molecule has 0 radical (unpaired) electrons. The summed E-state index contributed by atoms with van der Waals surface area (Å²) >= 11 is 3.31. The Labute approximate surface area is 118 Å². The van der Waals surface area contributed by atoms with Crippen molar-refractivity contribution in [3.8, 4) is 0 Å². The summed E-state index contributed by atoms with van der Waals surface area (Å²) in [4.78, 5) is 0.337. The highest BCUT2D eigenvalue weighted by atomic mass is 79.9. The van der Waals surface area contributed by atoms with E-state index in [1.165, 1.54) is 5.56 Å². The van der Waals surface area contributed by atoms with Crippen LogP contribution in [0.25, 0.3) is 0 Å². The Morgan fingerprint density at radius 1 is 1.28 bits per heavy atom. The summed E-state index contributed by atoms with van der Waals surface area (Å²) in [7, 11) is -3.38. The van der Waals surface area contributed by atoms with E-state index in [2.05, 4.69) is 27.6 Å². The van der Waals surface area contributed by atoms with E-state index in [-0.39, 0.29) is 6.04 Å². The first-order valence-electron chi connectivity index (χ1n) is 6.17. The van der Waals surface area contributed by atoms with Crippen molar-refractivity contribution in [3.63, 3.8) is 0 Å².